The largest absolute Gasteiger partial charge is 0.491 e. The van der Waals surface area contributed by atoms with Crippen LogP contribution in [0.5, 0.6) is 5.75 Å². The Morgan fingerprint density at radius 1 is 1.01 bits per heavy atom. The van der Waals surface area contributed by atoms with Crippen LogP contribution in [0, 0.1) is 11.8 Å². The molecule has 1 aliphatic carbocycles. The van der Waals surface area contributed by atoms with Gasteiger partial charge in [-0.3, -0.25) is 71.7 Å². The molecular formula is C57H68N11O23P3S4. The number of benzene rings is 4. The Balaban J connectivity index is 0.859. The van der Waals surface area contributed by atoms with E-state index in [0.29, 0.717) is 0 Å². The molecule has 3 heterocycles. The topological polar surface area (TPSA) is 469 Å². The molecule has 3 aromatic carbocycles. The molecule has 0 saturated carbocycles. The average molecular weight is 1500 g/mol. The van der Waals surface area contributed by atoms with Crippen molar-refractivity contribution in [3.05, 3.63) is 132 Å². The zero-order chi connectivity index (χ0) is 71.1. The van der Waals surface area contributed by atoms with Crippen molar-refractivity contribution >= 4 is 108 Å². The minimum absolute atomic E-state index is 0.00119. The second-order valence-corrected chi connectivity index (χ2v) is 29.1. The first-order valence-electron chi connectivity index (χ1n) is 29.2. The lowest BCUT2D eigenvalue weighted by molar-refractivity contribution is -0.126. The lowest BCUT2D eigenvalue weighted by Crippen LogP contribution is -2.41. The first-order chi connectivity index (χ1) is 46.9. The van der Waals surface area contributed by atoms with Crippen molar-refractivity contribution in [1.29, 1.82) is 0 Å². The average Bonchev–Trinajstić information content (AvgIpc) is 0.913. The van der Waals surface area contributed by atoms with Crippen molar-refractivity contribution in [2.75, 3.05) is 90.4 Å². The van der Waals surface area contributed by atoms with Crippen molar-refractivity contribution in [2.45, 2.75) is 67.6 Å². The van der Waals surface area contributed by atoms with Crippen LogP contribution in [0.3, 0.4) is 0 Å². The Labute approximate surface area is 571 Å². The third-order valence-electron chi connectivity index (χ3n) is 13.7. The van der Waals surface area contributed by atoms with Crippen LogP contribution in [0.4, 0.5) is 5.69 Å². The maximum atomic E-state index is 14.4. The number of fused-ring (bicyclic) bond motifs is 2. The lowest BCUT2D eigenvalue weighted by Gasteiger charge is -2.23. The molecule has 1 fully saturated rings. The second kappa shape index (κ2) is 37.7. The highest BCUT2D eigenvalue weighted by molar-refractivity contribution is 8.76. The van der Waals surface area contributed by atoms with Gasteiger partial charge in [0.15, 0.2) is 44.8 Å². The Hall–Kier alpha value is -7.33. The summed E-state index contributed by atoms with van der Waals surface area (Å²) in [6.45, 7) is 3.56. The van der Waals surface area contributed by atoms with Gasteiger partial charge in [0.2, 0.25) is 11.8 Å². The highest BCUT2D eigenvalue weighted by atomic mass is 33.1. The zero-order valence-corrected chi connectivity index (χ0v) is 58.9. The number of amides is 4. The van der Waals surface area contributed by atoms with E-state index in [1.54, 1.807) is 32.0 Å². The van der Waals surface area contributed by atoms with Crippen LogP contribution < -0.4 is 42.8 Å². The number of hydrazine groups is 1. The summed E-state index contributed by atoms with van der Waals surface area (Å²) in [6, 6.07) is 17.6. The maximum absolute atomic E-state index is 14.4. The van der Waals surface area contributed by atoms with E-state index in [0.717, 1.165) is 4.57 Å². The van der Waals surface area contributed by atoms with Gasteiger partial charge in [0.1, 0.15) is 42.8 Å². The molecule has 0 radical (unpaired) electrons. The fourth-order valence-electron chi connectivity index (χ4n) is 9.57. The Kier molecular flexibility index (Phi) is 30.0. The molecule has 5 unspecified atom stereocenters. The van der Waals surface area contributed by atoms with Gasteiger partial charge in [0.05, 0.1) is 43.5 Å². The molecule has 0 spiro atoms. The van der Waals surface area contributed by atoms with E-state index in [4.69, 9.17) is 46.8 Å². The fraction of sp³-hybridized carbons (Fsp3) is 0.386. The van der Waals surface area contributed by atoms with Crippen LogP contribution in [0.1, 0.15) is 65.6 Å². The smallest absolute Gasteiger partial charge is 0.330 e. The Morgan fingerprint density at radius 2 is 1.79 bits per heavy atom. The molecular weight excluding hydrogens is 1430 g/mol. The van der Waals surface area contributed by atoms with Crippen molar-refractivity contribution in [1.82, 2.24) is 30.6 Å². The van der Waals surface area contributed by atoms with Crippen molar-refractivity contribution in [3.8, 4) is 40.0 Å². The van der Waals surface area contributed by atoms with Gasteiger partial charge < -0.3 is 53.1 Å². The van der Waals surface area contributed by atoms with Crippen LogP contribution in [-0.2, 0) is 66.5 Å². The van der Waals surface area contributed by atoms with Gasteiger partial charge in [0, 0.05) is 84.9 Å². The SMILES string of the molecule is CC/N=c1\ccc2c(-c3ccccc3C(=O)N(C)CCCC(=O)NNC(=O)c3cccc(OCC(N=[N+]=[N-])OCCOCC(=O)NCC#Cc4cn([C@H]5CC(OCSSC)[C@@H](COPO[PH](=O)OP(C)O)O5)c(=O)[nH]c4=O)c3)c3ccc(NCC)c(S(=O)(=O)O)c3oc-2c1S(=O)(=O)O. The number of hydrogen-bond acceptors (Lipinski definition) is 26. The summed E-state index contributed by atoms with van der Waals surface area (Å²) in [5.74, 6) is 2.68. The van der Waals surface area contributed by atoms with Crippen molar-refractivity contribution in [3.63, 3.8) is 0 Å². The molecule has 0 bridgehead atoms. The van der Waals surface area contributed by atoms with E-state index in [1.807, 2.05) is 6.26 Å². The number of azide groups is 1. The van der Waals surface area contributed by atoms with E-state index < -0.39 is 133 Å². The van der Waals surface area contributed by atoms with Crippen LogP contribution >= 0.6 is 47.3 Å². The van der Waals surface area contributed by atoms with Crippen molar-refractivity contribution < 1.29 is 95.8 Å². The number of hydrogen-bond donors (Lipinski definition) is 8. The van der Waals surface area contributed by atoms with E-state index in [-0.39, 0.29) is 133 Å². The number of aromatic amines is 1. The van der Waals surface area contributed by atoms with Crippen molar-refractivity contribution in [2.24, 2.45) is 10.1 Å². The van der Waals surface area contributed by atoms with Crippen LogP contribution in [0.15, 0.2) is 113 Å². The van der Waals surface area contributed by atoms with E-state index in [1.165, 1.54) is 101 Å². The number of nitrogens with zero attached hydrogens (tertiary/aromatic N) is 6. The number of rotatable bonds is 35. The zero-order valence-electron chi connectivity index (χ0n) is 52.8. The number of ether oxygens (including phenoxy) is 5. The summed E-state index contributed by atoms with van der Waals surface area (Å²) in [4.78, 5) is 96.9. The van der Waals surface area contributed by atoms with Crippen LogP contribution in [0.2, 0.25) is 0 Å². The van der Waals surface area contributed by atoms with E-state index >= 15 is 0 Å². The number of anilines is 1. The van der Waals surface area contributed by atoms with Gasteiger partial charge in [-0.2, -0.15) is 16.8 Å². The third-order valence-corrected chi connectivity index (χ3v) is 20.0. The van der Waals surface area contributed by atoms with Gasteiger partial charge in [-0.15, -0.1) is 0 Å². The first-order valence-corrected chi connectivity index (χ1v) is 38.6. The summed E-state index contributed by atoms with van der Waals surface area (Å²) in [7, 11) is -11.4. The summed E-state index contributed by atoms with van der Waals surface area (Å²) in [5, 5.41) is 8.77. The molecule has 34 nitrogen and oxygen atoms in total. The van der Waals surface area contributed by atoms with Gasteiger partial charge >= 0.3 is 13.9 Å². The van der Waals surface area contributed by atoms with Crippen LogP contribution in [0.25, 0.3) is 43.9 Å². The number of carbonyl (C=O) groups excluding carboxylic acids is 4. The molecule has 3 aliphatic rings. The molecule has 7 atom stereocenters. The number of nitrogens with one attached hydrogen (secondary N) is 5. The minimum Gasteiger partial charge on any atom is -0.491 e. The van der Waals surface area contributed by atoms with Gasteiger partial charge in [0.25, 0.3) is 37.6 Å². The highest BCUT2D eigenvalue weighted by Gasteiger charge is 2.39. The summed E-state index contributed by atoms with van der Waals surface area (Å²) in [5.41, 5.74) is 12.0. The summed E-state index contributed by atoms with van der Waals surface area (Å²) >= 11 is 0. The molecule has 4 aromatic rings. The van der Waals surface area contributed by atoms with Crippen LogP contribution in [-0.4, -0.2) is 172 Å². The van der Waals surface area contributed by atoms with Gasteiger partial charge in [-0.1, -0.05) is 62.8 Å². The second-order valence-electron chi connectivity index (χ2n) is 20.4. The number of H-pyrrole nitrogens is 1. The minimum atomic E-state index is -5.13. The molecule has 1 saturated heterocycles. The molecule has 98 heavy (non-hydrogen) atoms. The molecule has 7 rings (SSSR count). The third kappa shape index (κ3) is 22.1. The Morgan fingerprint density at radius 3 is 2.51 bits per heavy atom. The van der Waals surface area contributed by atoms with Gasteiger partial charge in [-0.25, -0.2) is 4.79 Å². The monoisotopic (exact) mass is 1500 g/mol. The first kappa shape index (κ1) is 78.0. The number of carbonyl (C=O) groups is 4. The predicted molar refractivity (Wildman–Crippen MR) is 363 cm³/mol. The molecule has 41 heteroatoms. The normalized spacial score (nSPS) is 15.8. The quantitative estimate of drug-likeness (QED) is 0.00195. The molecule has 8 N–H and O–H groups in total. The van der Waals surface area contributed by atoms with E-state index in [9.17, 15) is 64.2 Å². The molecule has 1 aromatic heterocycles. The molecule has 528 valence electrons. The number of aromatic nitrogens is 2. The summed E-state index contributed by atoms with van der Waals surface area (Å²) in [6.07, 6.45) is -0.169. The standard InChI is InChI=1S/C57H68N11O23P3S4/c1-6-59-41-21-19-39-49(40-20-22-42(60-7-2)53(98(80,81)82)51(40)89-50(39)52(41)97(77,78)79)37-16-8-9-17-38(37)56(73)67(3)24-12-18-45(69)63-65-55(72)34-13-10-15-36(27-34)85-32-47(64-66-58)84-26-25-83-31-46(70)61-23-11-14-35-29-68(57(74)62-54(35)71)48-28-43(86-33-96-95-5)44(88-48)30-87-92-90-94(76)91-93(4)75/h8-10,13,15-17,19-22,27,29,43-44,47-48,59,75,92,94H,6-7,12,18,23-26,28,30-33H2,1-5H3,(H,61,70)(H,63,69)(H,65,72)(H,62,71,74)(H,77,78,79)(H,80,81,82)/b60-42+/t43?,44-,47?,48-,93?/m1/s1. The lowest BCUT2D eigenvalue weighted by atomic mass is 9.90. The Bertz CT molecular complexity index is 4400. The predicted octanol–water partition coefficient (Wildman–Crippen LogP) is 5.95. The van der Waals surface area contributed by atoms with Gasteiger partial charge in [-0.05, 0) is 86.1 Å². The van der Waals surface area contributed by atoms with E-state index in [2.05, 4.69) is 53.3 Å². The molecule has 2 aliphatic heterocycles. The fourth-order valence-corrected chi connectivity index (χ4v) is 14.0. The highest BCUT2D eigenvalue weighted by Crippen LogP contribution is 2.47. The maximum Gasteiger partial charge on any atom is 0.330 e. The summed E-state index contributed by atoms with van der Waals surface area (Å²) < 4.78 is 136. The molecule has 4 amide bonds.